The Balaban J connectivity index is 2.16. The van der Waals surface area contributed by atoms with Crippen LogP contribution in [0.4, 0.5) is 5.69 Å². The molecule has 1 aromatic heterocycles. The lowest BCUT2D eigenvalue weighted by Gasteiger charge is -2.35. The molecule has 0 unspecified atom stereocenters. The van der Waals surface area contributed by atoms with Crippen LogP contribution in [0.15, 0.2) is 33.5 Å². The van der Waals surface area contributed by atoms with Crippen molar-refractivity contribution in [1.29, 1.82) is 5.26 Å². The van der Waals surface area contributed by atoms with Crippen molar-refractivity contribution in [2.45, 2.75) is 6.92 Å². The molecule has 0 radical (unpaired) electrons. The number of nitriles is 1. The molecule has 0 saturated carbocycles. The van der Waals surface area contributed by atoms with E-state index in [1.165, 1.54) is 0 Å². The Morgan fingerprint density at radius 3 is 2.54 bits per heavy atom. The van der Waals surface area contributed by atoms with Gasteiger partial charge in [-0.05, 0) is 32.2 Å². The molecule has 1 aromatic carbocycles. The highest BCUT2D eigenvalue weighted by Gasteiger charge is 2.20. The Hall–Kier alpha value is -2.10. The summed E-state index contributed by atoms with van der Waals surface area (Å²) in [5.41, 5.74) is 3.26. The number of likely N-dealkylation sites (N-methyl/N-ethyl adjacent to an activating group) is 1. The van der Waals surface area contributed by atoms with Crippen LogP contribution in [0.2, 0.25) is 0 Å². The highest BCUT2D eigenvalue weighted by atomic mass is 79.9. The molecule has 0 atom stereocenters. The molecular weight excluding hydrogens is 368 g/mol. The zero-order chi connectivity index (χ0) is 17.3. The van der Waals surface area contributed by atoms with Crippen LogP contribution in [0.3, 0.4) is 0 Å². The fourth-order valence-electron chi connectivity index (χ4n) is 3.05. The Bertz CT molecular complexity index is 860. The standard InChI is InChI=1S/C18H19BrN4O/c1-12-9-15(16(11-20)18(24)21-12)14-4-3-13(19)10-17(14)23-7-5-22(2)6-8-23/h3-4,9-10H,5-8H2,1-2H3,(H,21,24). The number of rotatable bonds is 2. The molecular formula is C18H19BrN4O. The van der Waals surface area contributed by atoms with Gasteiger partial charge in [-0.15, -0.1) is 0 Å². The summed E-state index contributed by atoms with van der Waals surface area (Å²) in [6.45, 7) is 5.66. The molecule has 2 aromatic rings. The molecule has 0 aliphatic carbocycles. The van der Waals surface area contributed by atoms with Gasteiger partial charge in [0.15, 0.2) is 0 Å². The van der Waals surface area contributed by atoms with E-state index in [1.54, 1.807) is 0 Å². The maximum absolute atomic E-state index is 12.2. The Labute approximate surface area is 149 Å². The first kappa shape index (κ1) is 16.7. The van der Waals surface area contributed by atoms with Crippen molar-refractivity contribution in [2.75, 3.05) is 38.1 Å². The molecule has 0 spiro atoms. The van der Waals surface area contributed by atoms with Crippen LogP contribution >= 0.6 is 15.9 Å². The van der Waals surface area contributed by atoms with E-state index in [-0.39, 0.29) is 11.1 Å². The van der Waals surface area contributed by atoms with E-state index >= 15 is 0 Å². The average molecular weight is 387 g/mol. The predicted octanol–water partition coefficient (Wildman–Crippen LogP) is 2.74. The van der Waals surface area contributed by atoms with Crippen molar-refractivity contribution in [3.05, 3.63) is 50.3 Å². The van der Waals surface area contributed by atoms with Crippen LogP contribution in [0.1, 0.15) is 11.3 Å². The number of pyridine rings is 1. The molecule has 124 valence electrons. The van der Waals surface area contributed by atoms with Gasteiger partial charge >= 0.3 is 0 Å². The second kappa shape index (κ2) is 6.80. The number of nitrogens with one attached hydrogen (secondary N) is 1. The molecule has 24 heavy (non-hydrogen) atoms. The Morgan fingerprint density at radius 1 is 1.17 bits per heavy atom. The first-order valence-corrected chi connectivity index (χ1v) is 8.66. The molecule has 2 heterocycles. The third-order valence-electron chi connectivity index (χ3n) is 4.37. The summed E-state index contributed by atoms with van der Waals surface area (Å²) < 4.78 is 0.986. The highest BCUT2D eigenvalue weighted by Crippen LogP contribution is 2.35. The molecule has 1 saturated heterocycles. The zero-order valence-corrected chi connectivity index (χ0v) is 15.4. The monoisotopic (exact) mass is 386 g/mol. The van der Waals surface area contributed by atoms with E-state index in [1.807, 2.05) is 25.1 Å². The number of hydrogen-bond donors (Lipinski definition) is 1. The van der Waals surface area contributed by atoms with Crippen molar-refractivity contribution in [2.24, 2.45) is 0 Å². The van der Waals surface area contributed by atoms with Crippen LogP contribution < -0.4 is 10.5 Å². The van der Waals surface area contributed by atoms with Crippen molar-refractivity contribution in [1.82, 2.24) is 9.88 Å². The van der Waals surface area contributed by atoms with E-state index in [2.05, 4.69) is 49.9 Å². The minimum atomic E-state index is -0.334. The number of hydrogen-bond acceptors (Lipinski definition) is 4. The SMILES string of the molecule is Cc1cc(-c2ccc(Br)cc2N2CCN(C)CC2)c(C#N)c(=O)[nH]1. The van der Waals surface area contributed by atoms with Gasteiger partial charge in [0.05, 0.1) is 0 Å². The first-order chi connectivity index (χ1) is 11.5. The molecule has 1 N–H and O–H groups in total. The lowest BCUT2D eigenvalue weighted by molar-refractivity contribution is 0.313. The molecule has 5 nitrogen and oxygen atoms in total. The number of aromatic nitrogens is 1. The average Bonchev–Trinajstić information content (AvgIpc) is 2.55. The molecule has 0 amide bonds. The topological polar surface area (TPSA) is 63.1 Å². The second-order valence-corrected chi connectivity index (χ2v) is 7.05. The van der Waals surface area contributed by atoms with Crippen LogP contribution in [0, 0.1) is 18.3 Å². The maximum atomic E-state index is 12.2. The number of piperazine rings is 1. The van der Waals surface area contributed by atoms with Crippen LogP contribution in [-0.4, -0.2) is 43.1 Å². The largest absolute Gasteiger partial charge is 0.368 e. The summed E-state index contributed by atoms with van der Waals surface area (Å²) in [5.74, 6) is 0. The lowest BCUT2D eigenvalue weighted by atomic mass is 9.98. The van der Waals surface area contributed by atoms with Gasteiger partial charge in [-0.2, -0.15) is 5.26 Å². The third-order valence-corrected chi connectivity index (χ3v) is 4.87. The van der Waals surface area contributed by atoms with Crippen LogP contribution in [-0.2, 0) is 0 Å². The molecule has 1 aliphatic rings. The lowest BCUT2D eigenvalue weighted by Crippen LogP contribution is -2.44. The highest BCUT2D eigenvalue weighted by molar-refractivity contribution is 9.10. The van der Waals surface area contributed by atoms with Gasteiger partial charge in [-0.1, -0.05) is 22.0 Å². The molecule has 0 bridgehead atoms. The second-order valence-electron chi connectivity index (χ2n) is 6.13. The van der Waals surface area contributed by atoms with Gasteiger partial charge in [-0.3, -0.25) is 4.79 Å². The Morgan fingerprint density at radius 2 is 1.88 bits per heavy atom. The van der Waals surface area contributed by atoms with Gasteiger partial charge in [0.1, 0.15) is 11.6 Å². The van der Waals surface area contributed by atoms with E-state index in [4.69, 9.17) is 0 Å². The summed E-state index contributed by atoms with van der Waals surface area (Å²) in [5, 5.41) is 9.44. The van der Waals surface area contributed by atoms with E-state index in [9.17, 15) is 10.1 Å². The number of halogens is 1. The van der Waals surface area contributed by atoms with Gasteiger partial charge < -0.3 is 14.8 Å². The van der Waals surface area contributed by atoms with Gasteiger partial charge in [0.25, 0.3) is 5.56 Å². The predicted molar refractivity (Wildman–Crippen MR) is 99.4 cm³/mol. The van der Waals surface area contributed by atoms with Crippen molar-refractivity contribution in [3.8, 4) is 17.2 Å². The van der Waals surface area contributed by atoms with Crippen molar-refractivity contribution < 1.29 is 0 Å². The van der Waals surface area contributed by atoms with Crippen molar-refractivity contribution >= 4 is 21.6 Å². The summed E-state index contributed by atoms with van der Waals surface area (Å²) in [4.78, 5) is 19.5. The van der Waals surface area contributed by atoms with Crippen LogP contribution in [0.5, 0.6) is 0 Å². The smallest absolute Gasteiger partial charge is 0.266 e. The summed E-state index contributed by atoms with van der Waals surface area (Å²) >= 11 is 3.54. The summed E-state index contributed by atoms with van der Waals surface area (Å²) in [6.07, 6.45) is 0. The first-order valence-electron chi connectivity index (χ1n) is 7.87. The number of aromatic amines is 1. The quantitative estimate of drug-likeness (QED) is 0.861. The Kier molecular flexibility index (Phi) is 4.74. The number of anilines is 1. The van der Waals surface area contributed by atoms with E-state index in [0.29, 0.717) is 5.56 Å². The molecule has 1 fully saturated rings. The fraction of sp³-hybridized carbons (Fsp3) is 0.333. The minimum absolute atomic E-state index is 0.165. The third kappa shape index (κ3) is 3.23. The summed E-state index contributed by atoms with van der Waals surface area (Å²) in [7, 11) is 2.12. The van der Waals surface area contributed by atoms with E-state index in [0.717, 1.165) is 47.6 Å². The fourth-order valence-corrected chi connectivity index (χ4v) is 3.40. The number of benzene rings is 1. The van der Waals surface area contributed by atoms with Gasteiger partial charge in [0, 0.05) is 53.2 Å². The van der Waals surface area contributed by atoms with Crippen LogP contribution in [0.25, 0.3) is 11.1 Å². The number of H-pyrrole nitrogens is 1. The normalized spacial score (nSPS) is 15.3. The maximum Gasteiger partial charge on any atom is 0.266 e. The van der Waals surface area contributed by atoms with Crippen molar-refractivity contribution in [3.63, 3.8) is 0 Å². The molecule has 3 rings (SSSR count). The molecule has 1 aliphatic heterocycles. The van der Waals surface area contributed by atoms with Gasteiger partial charge in [-0.25, -0.2) is 0 Å². The zero-order valence-electron chi connectivity index (χ0n) is 13.8. The minimum Gasteiger partial charge on any atom is -0.368 e. The van der Waals surface area contributed by atoms with Gasteiger partial charge in [0.2, 0.25) is 0 Å². The number of nitrogens with zero attached hydrogens (tertiary/aromatic N) is 3. The molecule has 6 heteroatoms. The number of aryl methyl sites for hydroxylation is 1. The van der Waals surface area contributed by atoms with E-state index < -0.39 is 0 Å². The summed E-state index contributed by atoms with van der Waals surface area (Å²) in [6, 6.07) is 9.93.